The Hall–Kier alpha value is -5.92. The Bertz CT molecular complexity index is 1530. The Morgan fingerprint density at radius 1 is 0.628 bits per heavy atom. The Labute approximate surface area is 243 Å². The number of benzene rings is 2. The Morgan fingerprint density at radius 3 is 1.30 bits per heavy atom. The number of hydrogen-bond acceptors (Lipinski definition) is 10. The lowest BCUT2D eigenvalue weighted by Gasteiger charge is -2.14. The monoisotopic (exact) mass is 592 g/mol. The van der Waals surface area contributed by atoms with Crippen LogP contribution in [0.15, 0.2) is 73.1 Å². The van der Waals surface area contributed by atoms with E-state index in [0.717, 1.165) is 12.1 Å². The molecule has 2 aromatic heterocycles. The van der Waals surface area contributed by atoms with Crippen LogP contribution in [0.5, 0.6) is 11.5 Å². The number of nitrogens with one attached hydrogen (secondary N) is 2. The highest BCUT2D eigenvalue weighted by atomic mass is 19.1. The minimum absolute atomic E-state index is 0. The number of carboxylic acid groups (broad SMARTS) is 2. The summed E-state index contributed by atoms with van der Waals surface area (Å²) in [7, 11) is 0. The number of aromatic nitrogens is 2. The number of aliphatic carboxylic acids is 2. The Morgan fingerprint density at radius 2 is 1.00 bits per heavy atom. The van der Waals surface area contributed by atoms with Crippen molar-refractivity contribution in [3.8, 4) is 33.8 Å². The van der Waals surface area contributed by atoms with Gasteiger partial charge in [0.15, 0.2) is 0 Å². The molecule has 0 saturated carbocycles. The molecule has 0 fully saturated rings. The third kappa shape index (κ3) is 9.60. The summed E-state index contributed by atoms with van der Waals surface area (Å²) in [4.78, 5) is 51.0. The van der Waals surface area contributed by atoms with Crippen LogP contribution >= 0.6 is 0 Å². The number of rotatable bonds is 8. The van der Waals surface area contributed by atoms with Gasteiger partial charge in [-0.05, 0) is 46.5 Å². The normalized spacial score (nSPS) is 9.91. The largest absolute Gasteiger partial charge is 0.871 e. The minimum Gasteiger partial charge on any atom is -0.871 e. The van der Waals surface area contributed by atoms with Crippen LogP contribution in [0.3, 0.4) is 0 Å². The van der Waals surface area contributed by atoms with Crippen molar-refractivity contribution < 1.29 is 48.4 Å². The SMILES string of the molecule is C.O=C([O-])CNC(=O)c1ncc(-c2cccc(F)c2)cc1[O-].O=C([O-])CNC(=O)c1ncc(-c2cccc(F)c2)cc1[O-]. The van der Waals surface area contributed by atoms with Crippen LogP contribution in [0.25, 0.3) is 22.3 Å². The Kier molecular flexibility index (Phi) is 11.8. The molecule has 0 aliphatic carbocycles. The predicted octanol–water partition coefficient (Wildman–Crippen LogP) is -0.482. The van der Waals surface area contributed by atoms with Crippen molar-refractivity contribution in [3.63, 3.8) is 0 Å². The van der Waals surface area contributed by atoms with E-state index >= 15 is 0 Å². The molecule has 4 aromatic rings. The van der Waals surface area contributed by atoms with Gasteiger partial charge in [0, 0.05) is 12.4 Å². The maximum Gasteiger partial charge on any atom is 0.269 e. The van der Waals surface area contributed by atoms with Gasteiger partial charge >= 0.3 is 0 Å². The number of halogens is 2. The van der Waals surface area contributed by atoms with Crippen molar-refractivity contribution in [1.82, 2.24) is 20.6 Å². The molecular formula is C29H22F2N4O8-4. The van der Waals surface area contributed by atoms with Gasteiger partial charge in [0.25, 0.3) is 11.8 Å². The molecule has 43 heavy (non-hydrogen) atoms. The molecule has 0 saturated heterocycles. The number of amides is 2. The van der Waals surface area contributed by atoms with Crippen LogP contribution < -0.4 is 31.1 Å². The lowest BCUT2D eigenvalue weighted by molar-refractivity contribution is -0.305. The molecule has 0 unspecified atom stereocenters. The van der Waals surface area contributed by atoms with E-state index in [-0.39, 0.29) is 7.43 Å². The van der Waals surface area contributed by atoms with Crippen LogP contribution in [0.1, 0.15) is 28.4 Å². The van der Waals surface area contributed by atoms with Crippen LogP contribution in [0.4, 0.5) is 8.78 Å². The number of carbonyl (C=O) groups excluding carboxylic acids is 4. The molecule has 0 spiro atoms. The second-order valence-corrected chi connectivity index (χ2v) is 8.27. The number of pyridine rings is 2. The van der Waals surface area contributed by atoms with E-state index in [0.29, 0.717) is 22.3 Å². The van der Waals surface area contributed by atoms with Crippen molar-refractivity contribution in [2.24, 2.45) is 0 Å². The number of nitrogens with zero attached hydrogens (tertiary/aromatic N) is 2. The van der Waals surface area contributed by atoms with Gasteiger partial charge in [-0.1, -0.05) is 55.3 Å². The van der Waals surface area contributed by atoms with Crippen molar-refractivity contribution in [2.45, 2.75) is 7.43 Å². The molecule has 2 amide bonds. The Balaban J connectivity index is 0.000000293. The van der Waals surface area contributed by atoms with Gasteiger partial charge in [-0.25, -0.2) is 8.78 Å². The first kappa shape index (κ1) is 33.3. The van der Waals surface area contributed by atoms with E-state index in [4.69, 9.17) is 0 Å². The first-order chi connectivity index (χ1) is 19.9. The zero-order chi connectivity index (χ0) is 30.8. The van der Waals surface area contributed by atoms with Crippen LogP contribution in [0.2, 0.25) is 0 Å². The van der Waals surface area contributed by atoms with E-state index in [9.17, 15) is 48.4 Å². The van der Waals surface area contributed by atoms with Crippen LogP contribution in [-0.2, 0) is 9.59 Å². The van der Waals surface area contributed by atoms with Crippen molar-refractivity contribution >= 4 is 23.8 Å². The number of carboxylic acids is 2. The summed E-state index contributed by atoms with van der Waals surface area (Å²) in [6.45, 7) is -1.43. The number of carbonyl (C=O) groups is 4. The highest BCUT2D eigenvalue weighted by Crippen LogP contribution is 2.25. The topological polar surface area (TPSA) is 210 Å². The molecule has 0 bridgehead atoms. The third-order valence-corrected chi connectivity index (χ3v) is 5.24. The smallest absolute Gasteiger partial charge is 0.269 e. The number of hydrogen-bond donors (Lipinski definition) is 2. The van der Waals surface area contributed by atoms with Gasteiger partial charge < -0.3 is 40.6 Å². The second kappa shape index (κ2) is 15.2. The molecular weight excluding hydrogens is 570 g/mol. The second-order valence-electron chi connectivity index (χ2n) is 8.27. The van der Waals surface area contributed by atoms with Gasteiger partial charge in [-0.2, -0.15) is 0 Å². The minimum atomic E-state index is -1.48. The molecule has 2 aromatic carbocycles. The molecule has 2 N–H and O–H groups in total. The summed E-state index contributed by atoms with van der Waals surface area (Å²) < 4.78 is 26.2. The van der Waals surface area contributed by atoms with Gasteiger partial charge in [-0.3, -0.25) is 19.6 Å². The molecule has 4 rings (SSSR count). The zero-order valence-corrected chi connectivity index (χ0v) is 21.3. The molecule has 12 nitrogen and oxygen atoms in total. The summed E-state index contributed by atoms with van der Waals surface area (Å²) in [5, 5.41) is 48.0. The van der Waals surface area contributed by atoms with E-state index in [1.165, 1.54) is 48.8 Å². The molecule has 0 aliphatic heterocycles. The molecule has 0 radical (unpaired) electrons. The fourth-order valence-electron chi connectivity index (χ4n) is 3.35. The third-order valence-electron chi connectivity index (χ3n) is 5.24. The van der Waals surface area contributed by atoms with Crippen molar-refractivity contribution in [2.75, 3.05) is 13.1 Å². The summed E-state index contributed by atoms with van der Waals surface area (Å²) in [6.07, 6.45) is 2.48. The van der Waals surface area contributed by atoms with Gasteiger partial charge in [-0.15, -0.1) is 0 Å². The highest BCUT2D eigenvalue weighted by molar-refractivity contribution is 5.97. The van der Waals surface area contributed by atoms with E-state index in [2.05, 4.69) is 9.97 Å². The fraction of sp³-hybridized carbons (Fsp3) is 0.103. The van der Waals surface area contributed by atoms with E-state index in [1.807, 2.05) is 10.6 Å². The molecule has 2 heterocycles. The molecule has 0 atom stereocenters. The maximum atomic E-state index is 13.1. The zero-order valence-electron chi connectivity index (χ0n) is 21.3. The quantitative estimate of drug-likeness (QED) is 0.268. The van der Waals surface area contributed by atoms with Crippen LogP contribution in [-0.4, -0.2) is 46.8 Å². The predicted molar refractivity (Wildman–Crippen MR) is 140 cm³/mol. The summed E-state index contributed by atoms with van der Waals surface area (Å²) in [5.41, 5.74) is 0.738. The van der Waals surface area contributed by atoms with Crippen molar-refractivity contribution in [1.29, 1.82) is 0 Å². The lowest BCUT2D eigenvalue weighted by Crippen LogP contribution is -2.38. The average molecular weight is 593 g/mol. The van der Waals surface area contributed by atoms with Gasteiger partial charge in [0.1, 0.15) is 23.0 Å². The fourth-order valence-corrected chi connectivity index (χ4v) is 3.35. The molecule has 224 valence electrons. The lowest BCUT2D eigenvalue weighted by atomic mass is 10.1. The standard InChI is InChI=1S/2C14H11FN2O4.CH4/c2*15-10-3-1-2-8(4-10)9-5-11(18)13(16-6-9)14(21)17-7-12(19)20;/h2*1-6,18H,7H2,(H,17,21)(H,19,20);1H4/p-4. The maximum absolute atomic E-state index is 13.1. The van der Waals surface area contributed by atoms with Crippen molar-refractivity contribution in [3.05, 3.63) is 96.1 Å². The van der Waals surface area contributed by atoms with E-state index in [1.54, 1.807) is 12.1 Å². The van der Waals surface area contributed by atoms with Gasteiger partial charge in [0.05, 0.1) is 25.0 Å². The van der Waals surface area contributed by atoms with E-state index < -0.39 is 71.4 Å². The molecule has 14 heteroatoms. The molecule has 0 aliphatic rings. The van der Waals surface area contributed by atoms with Gasteiger partial charge in [0.2, 0.25) is 0 Å². The summed E-state index contributed by atoms with van der Waals surface area (Å²) in [6, 6.07) is 13.4. The van der Waals surface area contributed by atoms with Crippen LogP contribution in [0, 0.1) is 11.6 Å². The summed E-state index contributed by atoms with van der Waals surface area (Å²) >= 11 is 0. The first-order valence-corrected chi connectivity index (χ1v) is 11.8. The average Bonchev–Trinajstić information content (AvgIpc) is 2.95. The summed E-state index contributed by atoms with van der Waals surface area (Å²) in [5.74, 6) is -7.07. The first-order valence-electron chi connectivity index (χ1n) is 11.8. The highest BCUT2D eigenvalue weighted by Gasteiger charge is 2.11.